The number of imidazole rings is 1. The summed E-state index contributed by atoms with van der Waals surface area (Å²) in [4.78, 5) is 15.8. The normalized spacial score (nSPS) is 11.8. The van der Waals surface area contributed by atoms with Crippen LogP contribution >= 0.6 is 0 Å². The number of hydrogen-bond donors (Lipinski definition) is 2. The van der Waals surface area contributed by atoms with Crippen LogP contribution in [0.4, 0.5) is 5.69 Å². The van der Waals surface area contributed by atoms with Crippen LogP contribution in [0.15, 0.2) is 54.7 Å². The Balaban J connectivity index is 1.82. The molecule has 0 aliphatic heterocycles. The van der Waals surface area contributed by atoms with Crippen molar-refractivity contribution < 1.29 is 14.6 Å². The first kappa shape index (κ1) is 22.4. The zero-order valence-corrected chi connectivity index (χ0v) is 18.5. The van der Waals surface area contributed by atoms with Crippen molar-refractivity contribution in [3.8, 4) is 5.75 Å². The predicted octanol–water partition coefficient (Wildman–Crippen LogP) is 4.76. The van der Waals surface area contributed by atoms with Crippen LogP contribution in [0.2, 0.25) is 0 Å². The Kier molecular flexibility index (Phi) is 7.70. The zero-order valence-electron chi connectivity index (χ0n) is 18.5. The third-order valence-corrected chi connectivity index (χ3v) is 5.39. The molecule has 3 aromatic rings. The van der Waals surface area contributed by atoms with E-state index in [4.69, 9.17) is 14.8 Å². The minimum atomic E-state index is -0.871. The first-order valence-electron chi connectivity index (χ1n) is 10.7. The molecule has 3 rings (SSSR count). The fourth-order valence-electron chi connectivity index (χ4n) is 3.57. The van der Waals surface area contributed by atoms with Gasteiger partial charge in [-0.25, -0.2) is 4.98 Å². The van der Waals surface area contributed by atoms with Crippen LogP contribution in [0.5, 0.6) is 5.75 Å². The van der Waals surface area contributed by atoms with Crippen molar-refractivity contribution in [1.82, 2.24) is 9.55 Å². The largest absolute Gasteiger partial charge is 0.496 e. The molecule has 0 fully saturated rings. The van der Waals surface area contributed by atoms with E-state index < -0.39 is 12.0 Å². The van der Waals surface area contributed by atoms with Gasteiger partial charge in [0.25, 0.3) is 0 Å². The van der Waals surface area contributed by atoms with E-state index in [9.17, 15) is 4.79 Å². The van der Waals surface area contributed by atoms with E-state index in [1.807, 2.05) is 48.7 Å². The van der Waals surface area contributed by atoms with Gasteiger partial charge in [-0.1, -0.05) is 43.7 Å². The van der Waals surface area contributed by atoms with E-state index in [0.29, 0.717) is 6.54 Å². The number of unbranched alkanes of at least 4 members (excludes halogenated alkanes) is 1. The maximum absolute atomic E-state index is 11.0. The molecule has 0 aliphatic carbocycles. The number of carboxylic acid groups (broad SMARTS) is 1. The minimum Gasteiger partial charge on any atom is -0.496 e. The number of anilines is 1. The Labute approximate surface area is 183 Å². The van der Waals surface area contributed by atoms with E-state index in [1.54, 1.807) is 14.0 Å². The highest BCUT2D eigenvalue weighted by atomic mass is 16.5. The Morgan fingerprint density at radius 3 is 2.61 bits per heavy atom. The monoisotopic (exact) mass is 421 g/mol. The lowest BCUT2D eigenvalue weighted by Crippen LogP contribution is -2.25. The van der Waals surface area contributed by atoms with Crippen molar-refractivity contribution in [1.29, 1.82) is 0 Å². The number of methoxy groups -OCH3 is 1. The number of para-hydroxylation sites is 1. The molecule has 1 atom stereocenters. The Morgan fingerprint density at radius 2 is 1.94 bits per heavy atom. The van der Waals surface area contributed by atoms with Crippen LogP contribution in [-0.4, -0.2) is 33.8 Å². The van der Waals surface area contributed by atoms with Crippen LogP contribution in [0, 0.1) is 0 Å². The predicted molar refractivity (Wildman–Crippen MR) is 123 cm³/mol. The smallest absolute Gasteiger partial charge is 0.325 e. The molecule has 2 aromatic carbocycles. The van der Waals surface area contributed by atoms with Gasteiger partial charge in [-0.05, 0) is 37.1 Å². The topological polar surface area (TPSA) is 76.4 Å². The Bertz CT molecular complexity index is 996. The van der Waals surface area contributed by atoms with Crippen LogP contribution < -0.4 is 10.1 Å². The summed E-state index contributed by atoms with van der Waals surface area (Å²) >= 11 is 0. The number of aromatic nitrogens is 2. The second-order valence-corrected chi connectivity index (χ2v) is 7.75. The van der Waals surface area contributed by atoms with Gasteiger partial charge in [0.15, 0.2) is 0 Å². The maximum Gasteiger partial charge on any atom is 0.325 e. The fourth-order valence-corrected chi connectivity index (χ4v) is 3.57. The van der Waals surface area contributed by atoms with Crippen molar-refractivity contribution >= 4 is 11.7 Å². The molecule has 6 heteroatoms. The number of carbonyl (C=O) groups is 1. The molecule has 0 radical (unpaired) electrons. The van der Waals surface area contributed by atoms with E-state index >= 15 is 0 Å². The highest BCUT2D eigenvalue weighted by Gasteiger charge is 2.14. The summed E-state index contributed by atoms with van der Waals surface area (Å²) in [7, 11) is 1.70. The summed E-state index contributed by atoms with van der Waals surface area (Å²) in [6, 6.07) is 15.4. The number of carboxylic acids is 1. The molecular weight excluding hydrogens is 390 g/mol. The second-order valence-electron chi connectivity index (χ2n) is 7.75. The summed E-state index contributed by atoms with van der Waals surface area (Å²) in [6.07, 6.45) is 5.90. The molecule has 1 heterocycles. The van der Waals surface area contributed by atoms with E-state index in [2.05, 4.69) is 22.9 Å². The van der Waals surface area contributed by atoms with Gasteiger partial charge < -0.3 is 19.7 Å². The van der Waals surface area contributed by atoms with Crippen LogP contribution in [0.3, 0.4) is 0 Å². The van der Waals surface area contributed by atoms with Crippen molar-refractivity contribution in [2.24, 2.45) is 0 Å². The Hall–Kier alpha value is -3.28. The molecule has 1 aromatic heterocycles. The van der Waals surface area contributed by atoms with Crippen molar-refractivity contribution in [3.05, 3.63) is 77.4 Å². The van der Waals surface area contributed by atoms with E-state index in [1.165, 1.54) is 0 Å². The molecule has 2 N–H and O–H groups in total. The molecular formula is C25H31N3O3. The van der Waals surface area contributed by atoms with Gasteiger partial charge in [-0.2, -0.15) is 0 Å². The van der Waals surface area contributed by atoms with Crippen molar-refractivity contribution in [2.45, 2.75) is 52.1 Å². The van der Waals surface area contributed by atoms with Gasteiger partial charge in [0, 0.05) is 36.0 Å². The number of aliphatic carboxylic acids is 1. The third-order valence-electron chi connectivity index (χ3n) is 5.39. The summed E-state index contributed by atoms with van der Waals surface area (Å²) in [5.74, 6) is 1.10. The zero-order chi connectivity index (χ0) is 22.2. The lowest BCUT2D eigenvalue weighted by Gasteiger charge is -2.15. The van der Waals surface area contributed by atoms with Crippen molar-refractivity contribution in [3.63, 3.8) is 0 Å². The molecule has 31 heavy (non-hydrogen) atoms. The van der Waals surface area contributed by atoms with Crippen LogP contribution in [-0.2, 0) is 24.2 Å². The second kappa shape index (κ2) is 10.7. The third kappa shape index (κ3) is 5.87. The van der Waals surface area contributed by atoms with Gasteiger partial charge in [0.05, 0.1) is 13.7 Å². The summed E-state index contributed by atoms with van der Waals surface area (Å²) < 4.78 is 7.85. The average Bonchev–Trinajstić information content (AvgIpc) is 3.14. The molecule has 0 saturated carbocycles. The van der Waals surface area contributed by atoms with Gasteiger partial charge in [0.1, 0.15) is 17.6 Å². The molecule has 0 bridgehead atoms. The number of ether oxygens (including phenoxy) is 1. The first-order chi connectivity index (χ1) is 15.0. The number of nitrogens with one attached hydrogen (secondary N) is 1. The maximum atomic E-state index is 11.0. The number of rotatable bonds is 11. The average molecular weight is 422 g/mol. The SMILES string of the molecule is CCCCc1ncc(Cc2ccc(NC(C)C(=O)O)cc2)n1Cc1ccccc1OC. The minimum absolute atomic E-state index is 0.630. The van der Waals surface area contributed by atoms with Gasteiger partial charge in [0.2, 0.25) is 0 Å². The molecule has 0 saturated heterocycles. The molecule has 6 nitrogen and oxygen atoms in total. The standard InChI is InChI=1S/C25H31N3O3/c1-4-5-10-24-26-16-22(28(24)17-20-8-6-7-9-23(20)31-3)15-19-11-13-21(14-12-19)27-18(2)25(29)30/h6-9,11-14,16,18,27H,4-5,10,15,17H2,1-3H3,(H,29,30). The fraction of sp³-hybridized carbons (Fsp3) is 0.360. The summed E-state index contributed by atoms with van der Waals surface area (Å²) in [5.41, 5.74) is 4.22. The highest BCUT2D eigenvalue weighted by Crippen LogP contribution is 2.22. The van der Waals surface area contributed by atoms with Gasteiger partial charge >= 0.3 is 5.97 Å². The van der Waals surface area contributed by atoms with Gasteiger partial charge in [-0.15, -0.1) is 0 Å². The van der Waals surface area contributed by atoms with E-state index in [0.717, 1.165) is 59.8 Å². The highest BCUT2D eigenvalue weighted by molar-refractivity contribution is 5.76. The van der Waals surface area contributed by atoms with Gasteiger partial charge in [-0.3, -0.25) is 4.79 Å². The molecule has 0 aliphatic rings. The lowest BCUT2D eigenvalue weighted by atomic mass is 10.1. The van der Waals surface area contributed by atoms with Crippen LogP contribution in [0.25, 0.3) is 0 Å². The van der Waals surface area contributed by atoms with Crippen LogP contribution in [0.1, 0.15) is 49.3 Å². The van der Waals surface area contributed by atoms with Crippen molar-refractivity contribution in [2.75, 3.05) is 12.4 Å². The summed E-state index contributed by atoms with van der Waals surface area (Å²) in [6.45, 7) is 4.54. The first-order valence-corrected chi connectivity index (χ1v) is 10.7. The molecule has 1 unspecified atom stereocenters. The molecule has 0 amide bonds. The number of benzene rings is 2. The Morgan fingerprint density at radius 1 is 1.19 bits per heavy atom. The number of nitrogens with zero attached hydrogens (tertiary/aromatic N) is 2. The quantitative estimate of drug-likeness (QED) is 0.467. The molecule has 164 valence electrons. The number of hydrogen-bond acceptors (Lipinski definition) is 4. The van der Waals surface area contributed by atoms with E-state index in [-0.39, 0.29) is 0 Å². The lowest BCUT2D eigenvalue weighted by molar-refractivity contribution is -0.137. The number of aryl methyl sites for hydroxylation is 1. The summed E-state index contributed by atoms with van der Waals surface area (Å²) in [5, 5.41) is 12.0. The molecule has 0 spiro atoms.